The van der Waals surface area contributed by atoms with Gasteiger partial charge >= 0.3 is 5.97 Å². The fraction of sp³-hybridized carbons (Fsp3) is 0.488. The Labute approximate surface area is 308 Å². The van der Waals surface area contributed by atoms with Crippen LogP contribution in [-0.4, -0.2) is 100 Å². The first-order valence-corrected chi connectivity index (χ1v) is 22.4. The number of amides is 1. The number of carboxylic acid groups (broad SMARTS) is 1. The van der Waals surface area contributed by atoms with E-state index in [4.69, 9.17) is 21.1 Å². The molecule has 0 radical (unpaired) electrons. The minimum Gasteiger partial charge on any atom is -0.478 e. The number of fused-ring (bicyclic) bond motifs is 2. The van der Waals surface area contributed by atoms with Crippen molar-refractivity contribution in [2.75, 3.05) is 69.9 Å². The third kappa shape index (κ3) is 8.59. The molecule has 0 unspecified atom stereocenters. The third-order valence-corrected chi connectivity index (χ3v) is 14.5. The van der Waals surface area contributed by atoms with Crippen LogP contribution in [0.5, 0.6) is 0 Å². The molecule has 10 heteroatoms. The molecule has 0 saturated carbocycles. The van der Waals surface area contributed by atoms with Crippen molar-refractivity contribution >= 4 is 53.7 Å². The number of hydrogen-bond donors (Lipinski definition) is 2. The van der Waals surface area contributed by atoms with E-state index in [1.165, 1.54) is 47.5 Å². The number of nitrogens with zero attached hydrogens (tertiary/aromatic N) is 2. The molecule has 0 bridgehead atoms. The molecular weight excluding hydrogens is 678 g/mol. The van der Waals surface area contributed by atoms with Gasteiger partial charge in [0.05, 0.1) is 25.4 Å². The number of carbonyl (C=O) groups excluding carboxylic acids is 1. The summed E-state index contributed by atoms with van der Waals surface area (Å²) in [4.78, 5) is 28.7. The van der Waals surface area contributed by atoms with E-state index in [9.17, 15) is 14.7 Å². The average molecular weight is 731 g/mol. The van der Waals surface area contributed by atoms with Crippen molar-refractivity contribution in [2.45, 2.75) is 64.5 Å². The van der Waals surface area contributed by atoms with Gasteiger partial charge in [-0.25, -0.2) is 9.37 Å². The van der Waals surface area contributed by atoms with E-state index in [1.807, 2.05) is 0 Å². The van der Waals surface area contributed by atoms with Gasteiger partial charge in [0.2, 0.25) is 0 Å². The van der Waals surface area contributed by atoms with Crippen molar-refractivity contribution in [3.05, 3.63) is 87.6 Å². The number of carbonyl (C=O) groups is 2. The summed E-state index contributed by atoms with van der Waals surface area (Å²) in [6.07, 6.45) is 15.9. The maximum absolute atomic E-state index is 13.5. The minimum absolute atomic E-state index is 0.189. The Morgan fingerprint density at radius 1 is 0.882 bits per heavy atom. The highest BCUT2D eigenvalue weighted by atomic mass is 35.5. The van der Waals surface area contributed by atoms with Crippen LogP contribution in [0.15, 0.2) is 65.4 Å². The molecule has 2 aromatic carbocycles. The lowest BCUT2D eigenvalue weighted by Crippen LogP contribution is -2.50. The predicted molar refractivity (Wildman–Crippen MR) is 209 cm³/mol. The largest absolute Gasteiger partial charge is 0.478 e. The van der Waals surface area contributed by atoms with E-state index in [-0.39, 0.29) is 11.5 Å². The third-order valence-electron chi connectivity index (χ3n) is 10.7. The molecule has 6 rings (SSSR count). The fourth-order valence-electron chi connectivity index (χ4n) is 7.85. The minimum atomic E-state index is -2.22. The summed E-state index contributed by atoms with van der Waals surface area (Å²) in [5, 5.41) is 16.1. The molecule has 272 valence electrons. The van der Waals surface area contributed by atoms with Gasteiger partial charge in [-0.05, 0) is 94.7 Å². The lowest BCUT2D eigenvalue weighted by atomic mass is 9.86. The van der Waals surface area contributed by atoms with Crippen molar-refractivity contribution in [1.82, 2.24) is 5.32 Å². The second-order valence-electron chi connectivity index (χ2n) is 14.5. The van der Waals surface area contributed by atoms with Crippen LogP contribution in [0.2, 0.25) is 13.1 Å². The number of allylic oxidation sites excluding steroid dienone is 5. The fourth-order valence-corrected chi connectivity index (χ4v) is 11.1. The summed E-state index contributed by atoms with van der Waals surface area (Å²) in [5.74, 6) is -0.560. The Balaban J connectivity index is 1.26. The Kier molecular flexibility index (Phi) is 12.7. The summed E-state index contributed by atoms with van der Waals surface area (Å²) < 4.78 is 13.8. The van der Waals surface area contributed by atoms with Crippen molar-refractivity contribution in [3.63, 3.8) is 0 Å². The SMILES string of the molecule is C[Si]1(C)C2=CC(=[N+]3CCCC3)C=CC2=C(c2cc(C(=O)NCCOCCOCCCCCCCl)ccc2C(=O)O)c2ccc(N3CCCC3)cc21. The van der Waals surface area contributed by atoms with Gasteiger partial charge in [0, 0.05) is 68.4 Å². The Hall–Kier alpha value is -3.50. The monoisotopic (exact) mass is 730 g/mol. The molecule has 2 aromatic rings. The molecule has 8 nitrogen and oxygen atoms in total. The lowest BCUT2D eigenvalue weighted by Gasteiger charge is -2.38. The standard InChI is InChI=1S/C41H52ClN3O5Si/c1-51(2)37-28-31(44-19-6-7-20-44)12-15-34(37)39(35-16-13-32(29-38(35)51)45-21-8-9-22-45)36-27-30(11-14-33(36)41(47)48)40(46)43-18-24-50-26-25-49-23-10-4-3-5-17-42/h11-16,27-29H,3-10,17-26H2,1-2H3,(H-,43,46,47,48)/p+1. The summed E-state index contributed by atoms with van der Waals surface area (Å²) in [7, 11) is -2.22. The average Bonchev–Trinajstić information content (AvgIpc) is 3.88. The number of halogens is 1. The van der Waals surface area contributed by atoms with Crippen LogP contribution in [0, 0.1) is 0 Å². The van der Waals surface area contributed by atoms with E-state index in [1.54, 1.807) is 18.2 Å². The van der Waals surface area contributed by atoms with Gasteiger partial charge in [-0.1, -0.05) is 32.0 Å². The summed E-state index contributed by atoms with van der Waals surface area (Å²) >= 11 is 5.72. The zero-order valence-corrected chi connectivity index (χ0v) is 32.0. The molecule has 0 aromatic heterocycles. The van der Waals surface area contributed by atoms with E-state index < -0.39 is 14.0 Å². The highest BCUT2D eigenvalue weighted by Crippen LogP contribution is 2.43. The number of alkyl halides is 1. The van der Waals surface area contributed by atoms with Gasteiger partial charge in [0.25, 0.3) is 5.91 Å². The molecular formula is C41H53ClN3O5Si+. The van der Waals surface area contributed by atoms with Crippen LogP contribution < -0.4 is 15.4 Å². The zero-order chi connectivity index (χ0) is 35.8. The topological polar surface area (TPSA) is 91.1 Å². The number of unbranched alkanes of at least 4 members (excludes halogenated alkanes) is 3. The Morgan fingerprint density at radius 3 is 2.37 bits per heavy atom. The summed E-state index contributed by atoms with van der Waals surface area (Å²) in [5.41, 5.74) is 6.70. The smallest absolute Gasteiger partial charge is 0.336 e. The number of anilines is 1. The molecule has 3 aliphatic heterocycles. The van der Waals surface area contributed by atoms with Gasteiger partial charge < -0.3 is 24.8 Å². The van der Waals surface area contributed by atoms with Crippen molar-refractivity contribution in [1.29, 1.82) is 0 Å². The zero-order valence-electron chi connectivity index (χ0n) is 30.3. The number of hydrogen-bond acceptors (Lipinski definition) is 5. The highest BCUT2D eigenvalue weighted by Gasteiger charge is 2.41. The predicted octanol–water partition coefficient (Wildman–Crippen LogP) is 6.56. The second kappa shape index (κ2) is 17.3. The summed E-state index contributed by atoms with van der Waals surface area (Å²) in [6, 6.07) is 11.7. The number of nitrogens with one attached hydrogen (secondary N) is 1. The molecule has 1 aliphatic carbocycles. The molecule has 0 atom stereocenters. The van der Waals surface area contributed by atoms with E-state index >= 15 is 0 Å². The lowest BCUT2D eigenvalue weighted by molar-refractivity contribution is -0.504. The number of aromatic carboxylic acids is 1. The molecule has 1 amide bonds. The molecule has 51 heavy (non-hydrogen) atoms. The number of rotatable bonds is 16. The molecule has 2 saturated heterocycles. The van der Waals surface area contributed by atoms with Crippen LogP contribution in [0.3, 0.4) is 0 Å². The molecule has 2 fully saturated rings. The first-order chi connectivity index (χ1) is 24.8. The Morgan fingerprint density at radius 2 is 1.63 bits per heavy atom. The van der Waals surface area contributed by atoms with Gasteiger partial charge in [0.1, 0.15) is 21.2 Å². The summed E-state index contributed by atoms with van der Waals surface area (Å²) in [6.45, 7) is 11.5. The van der Waals surface area contributed by atoms with Crippen molar-refractivity contribution in [2.24, 2.45) is 0 Å². The van der Waals surface area contributed by atoms with Crippen molar-refractivity contribution < 1.29 is 28.7 Å². The molecule has 3 heterocycles. The van der Waals surface area contributed by atoms with Crippen LogP contribution in [0.25, 0.3) is 5.57 Å². The highest BCUT2D eigenvalue weighted by molar-refractivity contribution is 6.98. The van der Waals surface area contributed by atoms with Crippen LogP contribution >= 0.6 is 11.6 Å². The van der Waals surface area contributed by atoms with E-state index in [2.05, 4.69) is 64.3 Å². The number of benzene rings is 2. The van der Waals surface area contributed by atoms with Crippen LogP contribution in [0.4, 0.5) is 5.69 Å². The molecule has 2 N–H and O–H groups in total. The first-order valence-electron chi connectivity index (χ1n) is 18.8. The quantitative estimate of drug-likeness (QED) is 0.0881. The van der Waals surface area contributed by atoms with Gasteiger partial charge in [-0.2, -0.15) is 0 Å². The number of carboxylic acids is 1. The second-order valence-corrected chi connectivity index (χ2v) is 19.2. The van der Waals surface area contributed by atoms with Crippen molar-refractivity contribution in [3.8, 4) is 0 Å². The normalized spacial score (nSPS) is 17.9. The molecule has 4 aliphatic rings. The van der Waals surface area contributed by atoms with Crippen LogP contribution in [-0.2, 0) is 9.47 Å². The van der Waals surface area contributed by atoms with Gasteiger partial charge in [0.15, 0.2) is 5.71 Å². The maximum atomic E-state index is 13.5. The van der Waals surface area contributed by atoms with Crippen LogP contribution in [0.1, 0.15) is 83.2 Å². The van der Waals surface area contributed by atoms with E-state index in [0.29, 0.717) is 50.0 Å². The maximum Gasteiger partial charge on any atom is 0.336 e. The Bertz CT molecular complexity index is 1730. The molecule has 0 spiro atoms. The van der Waals surface area contributed by atoms with Gasteiger partial charge in [-0.15, -0.1) is 11.6 Å². The number of ether oxygens (including phenoxy) is 2. The van der Waals surface area contributed by atoms with Gasteiger partial charge in [-0.3, -0.25) is 4.79 Å². The van der Waals surface area contributed by atoms with E-state index in [0.717, 1.165) is 68.6 Å². The first kappa shape index (κ1) is 37.3.